The molecule has 5 nitrogen and oxygen atoms in total. The third-order valence-electron chi connectivity index (χ3n) is 6.10. The van der Waals surface area contributed by atoms with E-state index in [1.165, 1.54) is 19.3 Å². The van der Waals surface area contributed by atoms with Gasteiger partial charge >= 0.3 is 0 Å². The van der Waals surface area contributed by atoms with Crippen LogP contribution in [0.2, 0.25) is 15.1 Å². The van der Waals surface area contributed by atoms with Gasteiger partial charge in [-0.2, -0.15) is 5.10 Å². The van der Waals surface area contributed by atoms with Crippen molar-refractivity contribution >= 4 is 52.1 Å². The number of nitrogens with one attached hydrogen (secondary N) is 1. The van der Waals surface area contributed by atoms with Gasteiger partial charge in [0.25, 0.3) is 5.91 Å². The molecule has 0 aromatic heterocycles. The molecule has 0 bridgehead atoms. The van der Waals surface area contributed by atoms with Crippen molar-refractivity contribution in [1.29, 1.82) is 0 Å². The van der Waals surface area contributed by atoms with Gasteiger partial charge in [0.1, 0.15) is 5.71 Å². The molecule has 2 aliphatic rings. The molecular weight excluding hydrogens is 467 g/mol. The number of rotatable bonds is 4. The Hall–Kier alpha value is -1.79. The average molecular weight is 494 g/mol. The number of hydrazone groups is 1. The number of halogens is 3. The maximum Gasteiger partial charge on any atom is 0.282 e. The summed E-state index contributed by atoms with van der Waals surface area (Å²) in [6, 6.07) is 12.7. The molecule has 4 rings (SSSR count). The van der Waals surface area contributed by atoms with Gasteiger partial charge in [-0.25, -0.2) is 5.01 Å². The van der Waals surface area contributed by atoms with Crippen LogP contribution in [0.25, 0.3) is 0 Å². The third kappa shape index (κ3) is 5.23. The van der Waals surface area contributed by atoms with Crippen LogP contribution in [0, 0.1) is 5.92 Å². The second-order valence-electron chi connectivity index (χ2n) is 8.41. The van der Waals surface area contributed by atoms with E-state index in [1.54, 1.807) is 12.1 Å². The Morgan fingerprint density at radius 3 is 2.22 bits per heavy atom. The Labute approximate surface area is 204 Å². The van der Waals surface area contributed by atoms with Crippen molar-refractivity contribution in [2.45, 2.75) is 45.1 Å². The van der Waals surface area contributed by atoms with Crippen molar-refractivity contribution in [3.63, 3.8) is 0 Å². The number of anilines is 1. The summed E-state index contributed by atoms with van der Waals surface area (Å²) in [6.07, 6.45) is 5.84. The Morgan fingerprint density at radius 1 is 0.938 bits per heavy atom. The largest absolute Gasteiger partial charge is 0.284 e. The molecule has 0 spiro atoms. The monoisotopic (exact) mass is 492 g/mol. The minimum absolute atomic E-state index is 0.155. The smallest absolute Gasteiger partial charge is 0.282 e. The van der Waals surface area contributed by atoms with Gasteiger partial charge < -0.3 is 0 Å². The zero-order valence-corrected chi connectivity index (χ0v) is 20.3. The lowest BCUT2D eigenvalue weighted by Crippen LogP contribution is -2.47. The van der Waals surface area contributed by atoms with Crippen molar-refractivity contribution in [2.75, 3.05) is 18.1 Å². The summed E-state index contributed by atoms with van der Waals surface area (Å²) in [5, 5.41) is 10.3. The van der Waals surface area contributed by atoms with Crippen LogP contribution in [0.5, 0.6) is 0 Å². The average Bonchev–Trinajstić information content (AvgIpc) is 3.07. The summed E-state index contributed by atoms with van der Waals surface area (Å²) in [4.78, 5) is 13.3. The number of hydrazine groups is 1. The van der Waals surface area contributed by atoms with Crippen LogP contribution in [0.3, 0.4) is 0 Å². The normalized spacial score (nSPS) is 22.2. The van der Waals surface area contributed by atoms with E-state index >= 15 is 0 Å². The summed E-state index contributed by atoms with van der Waals surface area (Å²) in [7, 11) is 0. The lowest BCUT2D eigenvalue weighted by Gasteiger charge is -2.28. The van der Waals surface area contributed by atoms with Gasteiger partial charge in [0.15, 0.2) is 0 Å². The highest BCUT2D eigenvalue weighted by Gasteiger charge is 2.40. The first-order valence-corrected chi connectivity index (χ1v) is 12.2. The van der Waals surface area contributed by atoms with Gasteiger partial charge in [0.2, 0.25) is 0 Å². The lowest BCUT2D eigenvalue weighted by atomic mass is 9.91. The van der Waals surface area contributed by atoms with Gasteiger partial charge in [-0.1, -0.05) is 73.1 Å². The SMILES string of the molecule is CC1C(C(=O)NN2CCCCCCC2)=NN(c2ccc(Cl)cc2Cl)C1c1ccc(Cl)cc1. The fourth-order valence-corrected chi connectivity index (χ4v) is 5.02. The van der Waals surface area contributed by atoms with Crippen LogP contribution in [-0.2, 0) is 4.79 Å². The molecule has 1 amide bonds. The van der Waals surface area contributed by atoms with Crippen molar-refractivity contribution in [1.82, 2.24) is 10.4 Å². The van der Waals surface area contributed by atoms with E-state index in [9.17, 15) is 4.79 Å². The number of amides is 1. The number of hydrogen-bond acceptors (Lipinski definition) is 4. The van der Waals surface area contributed by atoms with Crippen molar-refractivity contribution in [2.24, 2.45) is 11.0 Å². The Bertz CT molecular complexity index is 987. The lowest BCUT2D eigenvalue weighted by molar-refractivity contribution is -0.119. The van der Waals surface area contributed by atoms with Crippen LogP contribution in [-0.4, -0.2) is 29.7 Å². The van der Waals surface area contributed by atoms with Crippen molar-refractivity contribution < 1.29 is 4.79 Å². The summed E-state index contributed by atoms with van der Waals surface area (Å²) in [5.74, 6) is -0.317. The number of hydrogen-bond donors (Lipinski definition) is 1. The summed E-state index contributed by atoms with van der Waals surface area (Å²) in [6.45, 7) is 3.75. The molecule has 32 heavy (non-hydrogen) atoms. The predicted octanol–water partition coefficient (Wildman–Crippen LogP) is 6.50. The number of carbonyl (C=O) groups is 1. The maximum atomic E-state index is 13.3. The zero-order chi connectivity index (χ0) is 22.7. The first kappa shape index (κ1) is 23.4. The topological polar surface area (TPSA) is 47.9 Å². The van der Waals surface area contributed by atoms with E-state index < -0.39 is 0 Å². The molecule has 170 valence electrons. The second kappa shape index (κ2) is 10.4. The fourth-order valence-electron chi connectivity index (χ4n) is 4.40. The van der Waals surface area contributed by atoms with Gasteiger partial charge in [0, 0.05) is 29.1 Å². The molecule has 0 radical (unpaired) electrons. The Kier molecular flexibility index (Phi) is 7.62. The maximum absolute atomic E-state index is 13.3. The molecule has 8 heteroatoms. The van der Waals surface area contributed by atoms with Gasteiger partial charge in [0.05, 0.1) is 16.8 Å². The molecule has 1 N–H and O–H groups in total. The first-order valence-electron chi connectivity index (χ1n) is 11.1. The minimum atomic E-state index is -0.195. The molecular formula is C24H27Cl3N4O. The standard InChI is InChI=1S/C24H27Cl3N4O/c1-16-22(24(32)29-30-13-5-3-2-4-6-14-30)28-31(21-12-11-19(26)15-20(21)27)23(16)17-7-9-18(25)10-8-17/h7-12,15-16,23H,2-6,13-14H2,1H3,(H,29,32). The number of carbonyl (C=O) groups excluding carboxylic acids is 1. The quantitative estimate of drug-likeness (QED) is 0.529. The van der Waals surface area contributed by atoms with E-state index in [4.69, 9.17) is 39.9 Å². The highest BCUT2D eigenvalue weighted by molar-refractivity contribution is 6.41. The molecule has 2 heterocycles. The highest BCUT2D eigenvalue weighted by atomic mass is 35.5. The first-order chi connectivity index (χ1) is 15.4. The van der Waals surface area contributed by atoms with Gasteiger partial charge in [-0.3, -0.25) is 15.2 Å². The molecule has 1 saturated heterocycles. The summed E-state index contributed by atoms with van der Waals surface area (Å²) < 4.78 is 0. The molecule has 2 aliphatic heterocycles. The Balaban J connectivity index is 1.64. The van der Waals surface area contributed by atoms with Crippen molar-refractivity contribution in [3.8, 4) is 0 Å². The zero-order valence-electron chi connectivity index (χ0n) is 18.0. The van der Waals surface area contributed by atoms with Crippen LogP contribution >= 0.6 is 34.8 Å². The molecule has 0 aliphatic carbocycles. The van der Waals surface area contributed by atoms with E-state index in [-0.39, 0.29) is 17.9 Å². The molecule has 1 fully saturated rings. The number of benzene rings is 2. The molecule has 2 aromatic carbocycles. The minimum Gasteiger partial charge on any atom is -0.284 e. The summed E-state index contributed by atoms with van der Waals surface area (Å²) >= 11 is 18.8. The Morgan fingerprint density at radius 2 is 1.56 bits per heavy atom. The van der Waals surface area contributed by atoms with Crippen LogP contribution in [0.15, 0.2) is 47.6 Å². The molecule has 2 aromatic rings. The number of nitrogens with zero attached hydrogens (tertiary/aromatic N) is 3. The van der Waals surface area contributed by atoms with E-state index in [2.05, 4.69) is 5.43 Å². The van der Waals surface area contributed by atoms with Gasteiger partial charge in [-0.15, -0.1) is 0 Å². The highest BCUT2D eigenvalue weighted by Crippen LogP contribution is 2.42. The van der Waals surface area contributed by atoms with E-state index in [1.807, 2.05) is 47.3 Å². The van der Waals surface area contributed by atoms with E-state index in [0.717, 1.165) is 31.5 Å². The van der Waals surface area contributed by atoms with Crippen LogP contribution < -0.4 is 10.4 Å². The predicted molar refractivity (Wildman–Crippen MR) is 133 cm³/mol. The molecule has 0 saturated carbocycles. The van der Waals surface area contributed by atoms with Crippen LogP contribution in [0.4, 0.5) is 5.69 Å². The van der Waals surface area contributed by atoms with Gasteiger partial charge in [-0.05, 0) is 48.7 Å². The molecule has 2 unspecified atom stereocenters. The molecule has 2 atom stereocenters. The van der Waals surface area contributed by atoms with Crippen LogP contribution in [0.1, 0.15) is 50.6 Å². The fraction of sp³-hybridized carbons (Fsp3) is 0.417. The second-order valence-corrected chi connectivity index (χ2v) is 9.69. The summed E-state index contributed by atoms with van der Waals surface area (Å²) in [5.41, 5.74) is 5.29. The third-order valence-corrected chi connectivity index (χ3v) is 6.89. The van der Waals surface area contributed by atoms with Crippen molar-refractivity contribution in [3.05, 3.63) is 63.1 Å². The van der Waals surface area contributed by atoms with E-state index in [0.29, 0.717) is 26.5 Å².